The zero-order valence-electron chi connectivity index (χ0n) is 14.1. The predicted octanol–water partition coefficient (Wildman–Crippen LogP) is 4.97. The number of thioether (sulfide) groups is 2. The fraction of sp³-hybridized carbons (Fsp3) is 0.143. The number of nitrogens with zero attached hydrogens (tertiary/aromatic N) is 2. The van der Waals surface area contributed by atoms with Crippen LogP contribution in [0.15, 0.2) is 24.3 Å². The maximum atomic E-state index is 8.70. The van der Waals surface area contributed by atoms with Crippen molar-refractivity contribution in [3.05, 3.63) is 99.1 Å². The molecular weight excluding hydrogens is 400 g/mol. The molecule has 2 nitrogen and oxygen atoms in total. The summed E-state index contributed by atoms with van der Waals surface area (Å²) in [6, 6.07) is 8.41. The first-order chi connectivity index (χ1) is 12.3. The average molecular weight is 418 g/mol. The maximum absolute atomic E-state index is 8.70. The van der Waals surface area contributed by atoms with Crippen LogP contribution in [-0.4, -0.2) is 11.5 Å². The fourth-order valence-electron chi connectivity index (χ4n) is 2.35. The van der Waals surface area contributed by atoms with E-state index in [1.54, 1.807) is 0 Å². The Balaban J connectivity index is 0.000000486. The van der Waals surface area contributed by atoms with E-state index in [4.69, 9.17) is 10.5 Å². The van der Waals surface area contributed by atoms with Gasteiger partial charge in [-0.2, -0.15) is 10.5 Å². The molecule has 26 heavy (non-hydrogen) atoms. The van der Waals surface area contributed by atoms with Gasteiger partial charge < -0.3 is 0 Å². The molecule has 2 fully saturated rings. The van der Waals surface area contributed by atoms with Gasteiger partial charge in [0.15, 0.2) is 0 Å². The number of nitriles is 2. The normalized spacial score (nSPS) is 16.3. The average Bonchev–Trinajstić information content (AvgIpc) is 3.38. The van der Waals surface area contributed by atoms with Gasteiger partial charge in [-0.25, -0.2) is 0 Å². The van der Waals surface area contributed by atoms with Gasteiger partial charge in [0.25, 0.3) is 0 Å². The molecule has 0 saturated heterocycles. The van der Waals surface area contributed by atoms with Crippen molar-refractivity contribution >= 4 is 23.5 Å². The Labute approximate surface area is 178 Å². The van der Waals surface area contributed by atoms with Crippen molar-refractivity contribution in [2.75, 3.05) is 11.5 Å². The van der Waals surface area contributed by atoms with E-state index in [0.29, 0.717) is 0 Å². The molecule has 2 aliphatic rings. The standard InChI is InChI=1S/C16H13N2S2.C5H5.Fe/c17-11-19-9-16(10-20-12-18)15-7-5-14(6-8-15)13-3-1-2-4-13;1-2-4-5-3-1;/h1-8,16H,9-10H2;1-5H;/q;;+2. The Morgan fingerprint density at radius 3 is 1.62 bits per heavy atom. The first-order valence-corrected chi connectivity index (χ1v) is 9.82. The summed E-state index contributed by atoms with van der Waals surface area (Å²) in [5.74, 6) is 2.89. The summed E-state index contributed by atoms with van der Waals surface area (Å²) in [5.41, 5.74) is 2.38. The van der Waals surface area contributed by atoms with Crippen molar-refractivity contribution in [2.45, 2.75) is 5.92 Å². The molecule has 1 aromatic rings. The molecule has 0 aliphatic heterocycles. The van der Waals surface area contributed by atoms with Gasteiger partial charge in [-0.3, -0.25) is 0 Å². The minimum Gasteiger partial charge on any atom is -0.185 e. The van der Waals surface area contributed by atoms with Crippen LogP contribution in [0.2, 0.25) is 0 Å². The van der Waals surface area contributed by atoms with Gasteiger partial charge >= 0.3 is 17.1 Å². The van der Waals surface area contributed by atoms with Crippen LogP contribution in [0.4, 0.5) is 0 Å². The summed E-state index contributed by atoms with van der Waals surface area (Å²) in [6.45, 7) is 0. The molecule has 5 heteroatoms. The Morgan fingerprint density at radius 2 is 1.19 bits per heavy atom. The Kier molecular flexibility index (Phi) is 13.1. The maximum Gasteiger partial charge on any atom is 2.00 e. The van der Waals surface area contributed by atoms with E-state index in [1.165, 1.54) is 40.6 Å². The van der Waals surface area contributed by atoms with Gasteiger partial charge in [-0.15, -0.1) is 0 Å². The van der Waals surface area contributed by atoms with Crippen LogP contribution in [0.3, 0.4) is 0 Å². The molecule has 0 bridgehead atoms. The van der Waals surface area contributed by atoms with E-state index in [-0.39, 0.29) is 23.0 Å². The molecule has 10 radical (unpaired) electrons. The quantitative estimate of drug-likeness (QED) is 0.484. The number of benzene rings is 1. The number of hydrogen-bond acceptors (Lipinski definition) is 4. The van der Waals surface area contributed by atoms with Crippen molar-refractivity contribution in [2.24, 2.45) is 0 Å². The van der Waals surface area contributed by atoms with E-state index < -0.39 is 0 Å². The second kappa shape index (κ2) is 14.5. The SMILES string of the molecule is N#CSCC(CSC#N)c1ccc([C]2[CH][CH][CH][CH]2)cc1.[CH]1[CH][CH][CH][CH]1.[Fe+2]. The van der Waals surface area contributed by atoms with Gasteiger partial charge in [-0.1, -0.05) is 24.3 Å². The molecule has 0 atom stereocenters. The minimum absolute atomic E-state index is 0. The zero-order chi connectivity index (χ0) is 17.7. The van der Waals surface area contributed by atoms with E-state index in [1.807, 2.05) is 44.9 Å². The smallest absolute Gasteiger partial charge is 0.185 e. The molecule has 0 N–H and O–H groups in total. The van der Waals surface area contributed by atoms with Crippen molar-refractivity contribution < 1.29 is 17.1 Å². The first-order valence-electron chi connectivity index (χ1n) is 7.85. The molecule has 0 heterocycles. The molecule has 3 rings (SSSR count). The third-order valence-corrected chi connectivity index (χ3v) is 5.03. The monoisotopic (exact) mass is 418 g/mol. The Bertz CT molecular complexity index is 542. The third-order valence-electron chi connectivity index (χ3n) is 3.63. The summed E-state index contributed by atoms with van der Waals surface area (Å²) in [4.78, 5) is 0. The molecule has 130 valence electrons. The molecular formula is C21H18FeN2S2+2. The molecule has 0 amide bonds. The first kappa shape index (κ1) is 23.5. The van der Waals surface area contributed by atoms with E-state index in [2.05, 4.69) is 47.9 Å². The fourth-order valence-corrected chi connectivity index (χ4v) is 3.67. The van der Waals surface area contributed by atoms with E-state index in [0.717, 1.165) is 11.5 Å². The van der Waals surface area contributed by atoms with Gasteiger partial charge in [0, 0.05) is 23.3 Å². The van der Waals surface area contributed by atoms with Crippen molar-refractivity contribution in [1.82, 2.24) is 0 Å². The van der Waals surface area contributed by atoms with Crippen LogP contribution in [0.5, 0.6) is 0 Å². The van der Waals surface area contributed by atoms with Crippen LogP contribution in [0.25, 0.3) is 0 Å². The molecule has 1 aromatic carbocycles. The van der Waals surface area contributed by atoms with Crippen molar-refractivity contribution in [3.8, 4) is 10.8 Å². The van der Waals surface area contributed by atoms with Gasteiger partial charge in [-0.05, 0) is 92.4 Å². The van der Waals surface area contributed by atoms with Crippen molar-refractivity contribution in [1.29, 1.82) is 10.5 Å². The topological polar surface area (TPSA) is 47.6 Å². The van der Waals surface area contributed by atoms with Gasteiger partial charge in [0.2, 0.25) is 0 Å². The number of thiocyanates is 2. The van der Waals surface area contributed by atoms with Crippen LogP contribution < -0.4 is 0 Å². The van der Waals surface area contributed by atoms with Crippen molar-refractivity contribution in [3.63, 3.8) is 0 Å². The summed E-state index contributed by atoms with van der Waals surface area (Å²) < 4.78 is 0. The Morgan fingerprint density at radius 1 is 0.731 bits per heavy atom. The van der Waals surface area contributed by atoms with Gasteiger partial charge in [0.05, 0.1) is 0 Å². The van der Waals surface area contributed by atoms with Crippen LogP contribution in [0, 0.1) is 85.0 Å². The number of rotatable bonds is 6. The summed E-state index contributed by atoms with van der Waals surface area (Å²) >= 11 is 2.49. The summed E-state index contributed by atoms with van der Waals surface area (Å²) in [7, 11) is 0. The summed E-state index contributed by atoms with van der Waals surface area (Å²) in [5, 5.41) is 21.6. The van der Waals surface area contributed by atoms with E-state index >= 15 is 0 Å². The molecule has 0 aromatic heterocycles. The van der Waals surface area contributed by atoms with Crippen LogP contribution in [0.1, 0.15) is 17.0 Å². The zero-order valence-corrected chi connectivity index (χ0v) is 16.8. The molecule has 0 unspecified atom stereocenters. The number of hydrogen-bond donors (Lipinski definition) is 0. The molecule has 2 aliphatic carbocycles. The predicted molar refractivity (Wildman–Crippen MR) is 106 cm³/mol. The van der Waals surface area contributed by atoms with Crippen LogP contribution in [-0.2, 0) is 17.1 Å². The van der Waals surface area contributed by atoms with Gasteiger partial charge in [0.1, 0.15) is 10.8 Å². The largest absolute Gasteiger partial charge is 2.00 e. The third kappa shape index (κ3) is 8.41. The summed E-state index contributed by atoms with van der Waals surface area (Å²) in [6.07, 6.45) is 18.2. The molecule has 0 spiro atoms. The second-order valence-electron chi connectivity index (χ2n) is 5.26. The molecule has 2 saturated carbocycles. The second-order valence-corrected chi connectivity index (χ2v) is 6.87. The van der Waals surface area contributed by atoms with Crippen LogP contribution >= 0.6 is 23.5 Å². The minimum atomic E-state index is 0. The Hall–Kier alpha value is -0.581. The van der Waals surface area contributed by atoms with E-state index in [9.17, 15) is 0 Å².